The highest BCUT2D eigenvalue weighted by molar-refractivity contribution is 8.13. The molecule has 4 aromatic rings. The number of nitrogens with zero attached hydrogens (tertiary/aromatic N) is 3. The van der Waals surface area contributed by atoms with Gasteiger partial charge in [0.2, 0.25) is 0 Å². The first kappa shape index (κ1) is 21.6. The summed E-state index contributed by atoms with van der Waals surface area (Å²) >= 11 is 1.05. The summed E-state index contributed by atoms with van der Waals surface area (Å²) in [5.74, 6) is 1.09. The smallest absolute Gasteiger partial charge is 0.286 e. The van der Waals surface area contributed by atoms with Crippen molar-refractivity contribution in [2.75, 3.05) is 19.4 Å². The fourth-order valence-electron chi connectivity index (χ4n) is 3.33. The average molecular weight is 451 g/mol. The van der Waals surface area contributed by atoms with Gasteiger partial charge in [0.05, 0.1) is 28.0 Å². The third-order valence-electron chi connectivity index (χ3n) is 4.88. The summed E-state index contributed by atoms with van der Waals surface area (Å²) in [6, 6.07) is 10.7. The number of para-hydroxylation sites is 1. The van der Waals surface area contributed by atoms with Crippen molar-refractivity contribution in [3.05, 3.63) is 59.2 Å². The molecule has 8 nitrogen and oxygen atoms in total. The number of furan rings is 1. The summed E-state index contributed by atoms with van der Waals surface area (Å²) in [5.41, 5.74) is 3.08. The molecular weight excluding hydrogens is 428 g/mol. The van der Waals surface area contributed by atoms with E-state index in [0.717, 1.165) is 23.1 Å². The number of carbonyl (C=O) groups excluding carboxylic acids is 2. The third-order valence-corrected chi connectivity index (χ3v) is 5.99. The molecule has 0 saturated carbocycles. The van der Waals surface area contributed by atoms with Crippen molar-refractivity contribution in [1.29, 1.82) is 0 Å². The first-order chi connectivity index (χ1) is 15.2. The zero-order chi connectivity index (χ0) is 23.0. The van der Waals surface area contributed by atoms with Gasteiger partial charge >= 0.3 is 0 Å². The standard InChI is InChI=1S/C23H22N4O4S/c1-12-10-15(14(3)30-12)18-11-16(20-13(2)26-31-22(20)25-18)21(28)24-17-8-6-7-9-19(17)32-23(29)27(4)5/h6-11H,1-5H3,(H,24,28). The highest BCUT2D eigenvalue weighted by atomic mass is 32.2. The molecule has 0 fully saturated rings. The number of hydrogen-bond acceptors (Lipinski definition) is 7. The molecule has 164 valence electrons. The van der Waals surface area contributed by atoms with Crippen LogP contribution in [0.5, 0.6) is 0 Å². The second-order valence-corrected chi connectivity index (χ2v) is 8.54. The first-order valence-electron chi connectivity index (χ1n) is 9.88. The van der Waals surface area contributed by atoms with E-state index < -0.39 is 0 Å². The molecular formula is C23H22N4O4S. The average Bonchev–Trinajstić information content (AvgIpc) is 3.29. The number of carbonyl (C=O) groups is 2. The molecule has 0 atom stereocenters. The van der Waals surface area contributed by atoms with E-state index in [1.807, 2.05) is 26.0 Å². The van der Waals surface area contributed by atoms with E-state index >= 15 is 0 Å². The lowest BCUT2D eigenvalue weighted by Gasteiger charge is -2.13. The Bertz CT molecular complexity index is 1340. The van der Waals surface area contributed by atoms with Crippen LogP contribution in [-0.4, -0.2) is 40.3 Å². The van der Waals surface area contributed by atoms with Crippen molar-refractivity contribution in [3.63, 3.8) is 0 Å². The summed E-state index contributed by atoms with van der Waals surface area (Å²) < 4.78 is 11.0. The normalized spacial score (nSPS) is 11.0. The Morgan fingerprint density at radius 2 is 1.84 bits per heavy atom. The van der Waals surface area contributed by atoms with Crippen LogP contribution in [-0.2, 0) is 0 Å². The molecule has 1 N–H and O–H groups in total. The maximum Gasteiger partial charge on any atom is 0.286 e. The molecule has 0 aliphatic heterocycles. The number of hydrogen-bond donors (Lipinski definition) is 1. The van der Waals surface area contributed by atoms with Crippen LogP contribution in [0.4, 0.5) is 10.5 Å². The van der Waals surface area contributed by atoms with Crippen LogP contribution < -0.4 is 5.32 Å². The van der Waals surface area contributed by atoms with Gasteiger partial charge in [-0.25, -0.2) is 4.98 Å². The van der Waals surface area contributed by atoms with Crippen molar-refractivity contribution in [1.82, 2.24) is 15.0 Å². The molecule has 3 heterocycles. The predicted molar refractivity (Wildman–Crippen MR) is 123 cm³/mol. The maximum absolute atomic E-state index is 13.4. The Kier molecular flexibility index (Phi) is 5.75. The van der Waals surface area contributed by atoms with E-state index in [1.54, 1.807) is 45.3 Å². The minimum atomic E-state index is -0.354. The van der Waals surface area contributed by atoms with Gasteiger partial charge in [-0.15, -0.1) is 0 Å². The summed E-state index contributed by atoms with van der Waals surface area (Å²) in [6.07, 6.45) is 0. The summed E-state index contributed by atoms with van der Waals surface area (Å²) in [4.78, 5) is 32.2. The van der Waals surface area contributed by atoms with Crippen molar-refractivity contribution in [2.45, 2.75) is 25.7 Å². The molecule has 3 aromatic heterocycles. The van der Waals surface area contributed by atoms with E-state index in [0.29, 0.717) is 38.7 Å². The largest absolute Gasteiger partial charge is 0.466 e. The van der Waals surface area contributed by atoms with Gasteiger partial charge in [0, 0.05) is 24.6 Å². The van der Waals surface area contributed by atoms with Crippen LogP contribution in [0.3, 0.4) is 0 Å². The Morgan fingerprint density at radius 3 is 2.53 bits per heavy atom. The van der Waals surface area contributed by atoms with Gasteiger partial charge in [-0.3, -0.25) is 9.59 Å². The maximum atomic E-state index is 13.4. The zero-order valence-electron chi connectivity index (χ0n) is 18.3. The van der Waals surface area contributed by atoms with Crippen LogP contribution in [0.2, 0.25) is 0 Å². The summed E-state index contributed by atoms with van der Waals surface area (Å²) in [5, 5.41) is 7.32. The number of anilines is 1. The molecule has 0 bridgehead atoms. The lowest BCUT2D eigenvalue weighted by atomic mass is 10.1. The molecule has 2 amide bonds. The van der Waals surface area contributed by atoms with Gasteiger partial charge in [0.25, 0.3) is 16.9 Å². The van der Waals surface area contributed by atoms with Crippen molar-refractivity contribution in [3.8, 4) is 11.3 Å². The van der Waals surface area contributed by atoms with E-state index in [2.05, 4.69) is 15.5 Å². The van der Waals surface area contributed by atoms with E-state index in [4.69, 9.17) is 8.94 Å². The molecule has 0 spiro atoms. The fourth-order valence-corrected chi connectivity index (χ4v) is 4.08. The monoisotopic (exact) mass is 450 g/mol. The van der Waals surface area contributed by atoms with Crippen molar-refractivity contribution < 1.29 is 18.5 Å². The number of rotatable bonds is 4. The Morgan fingerprint density at radius 1 is 1.09 bits per heavy atom. The third kappa shape index (κ3) is 4.11. The Labute approximate surface area is 189 Å². The van der Waals surface area contributed by atoms with Crippen LogP contribution in [0.1, 0.15) is 27.6 Å². The van der Waals surface area contributed by atoms with Crippen molar-refractivity contribution in [2.24, 2.45) is 0 Å². The minimum absolute atomic E-state index is 0.138. The van der Waals surface area contributed by atoms with Gasteiger partial charge in [0.15, 0.2) is 0 Å². The molecule has 0 saturated heterocycles. The number of fused-ring (bicyclic) bond motifs is 1. The molecule has 0 radical (unpaired) electrons. The minimum Gasteiger partial charge on any atom is -0.466 e. The molecule has 9 heteroatoms. The highest BCUT2D eigenvalue weighted by Crippen LogP contribution is 2.32. The van der Waals surface area contributed by atoms with E-state index in [-0.39, 0.29) is 16.9 Å². The number of amides is 2. The first-order valence-corrected chi connectivity index (χ1v) is 10.7. The highest BCUT2D eigenvalue weighted by Gasteiger charge is 2.22. The van der Waals surface area contributed by atoms with Gasteiger partial charge < -0.3 is 19.2 Å². The molecule has 0 aliphatic carbocycles. The number of benzene rings is 1. The number of pyridine rings is 1. The number of nitrogens with one attached hydrogen (secondary N) is 1. The number of aromatic nitrogens is 2. The van der Waals surface area contributed by atoms with Crippen LogP contribution in [0.15, 0.2) is 50.2 Å². The van der Waals surface area contributed by atoms with Crippen LogP contribution in [0, 0.1) is 20.8 Å². The van der Waals surface area contributed by atoms with Crippen molar-refractivity contribution >= 4 is 39.7 Å². The lowest BCUT2D eigenvalue weighted by molar-refractivity contribution is 0.102. The molecule has 32 heavy (non-hydrogen) atoms. The quantitative estimate of drug-likeness (QED) is 0.413. The van der Waals surface area contributed by atoms with Crippen LogP contribution >= 0.6 is 11.8 Å². The van der Waals surface area contributed by atoms with Gasteiger partial charge in [-0.1, -0.05) is 17.3 Å². The predicted octanol–water partition coefficient (Wildman–Crippen LogP) is 5.43. The van der Waals surface area contributed by atoms with E-state index in [1.165, 1.54) is 4.90 Å². The van der Waals surface area contributed by atoms with Gasteiger partial charge in [0.1, 0.15) is 11.5 Å². The Balaban J connectivity index is 1.76. The number of thioether (sulfide) groups is 1. The molecule has 0 aliphatic rings. The second-order valence-electron chi connectivity index (χ2n) is 7.54. The summed E-state index contributed by atoms with van der Waals surface area (Å²) in [7, 11) is 3.36. The SMILES string of the molecule is Cc1cc(-c2cc(C(=O)Nc3ccccc3SC(=O)N(C)C)c3c(C)noc3n2)c(C)o1. The van der Waals surface area contributed by atoms with Crippen LogP contribution in [0.25, 0.3) is 22.4 Å². The topological polar surface area (TPSA) is 101 Å². The number of aryl methyl sites for hydroxylation is 3. The lowest BCUT2D eigenvalue weighted by Crippen LogP contribution is -2.17. The zero-order valence-corrected chi connectivity index (χ0v) is 19.2. The molecule has 0 unspecified atom stereocenters. The molecule has 4 rings (SSSR count). The Hall–Kier alpha value is -3.59. The van der Waals surface area contributed by atoms with E-state index in [9.17, 15) is 9.59 Å². The fraction of sp³-hybridized carbons (Fsp3) is 0.217. The second kappa shape index (κ2) is 8.51. The molecule has 1 aromatic carbocycles. The summed E-state index contributed by atoms with van der Waals surface area (Å²) in [6.45, 7) is 5.45. The van der Waals surface area contributed by atoms with Gasteiger partial charge in [-0.2, -0.15) is 0 Å². The van der Waals surface area contributed by atoms with Gasteiger partial charge in [-0.05, 0) is 56.8 Å².